The number of ketones is 2. The first-order valence-corrected chi connectivity index (χ1v) is 10.2. The lowest BCUT2D eigenvalue weighted by atomic mass is 9.44. The summed E-state index contributed by atoms with van der Waals surface area (Å²) in [6, 6.07) is 0. The zero-order valence-corrected chi connectivity index (χ0v) is 15.6. The zero-order valence-electron chi connectivity index (χ0n) is 15.6. The van der Waals surface area contributed by atoms with Crippen LogP contribution in [0.1, 0.15) is 78.6 Å². The van der Waals surface area contributed by atoms with E-state index in [1.807, 2.05) is 6.08 Å². The molecule has 0 N–H and O–H groups in total. The van der Waals surface area contributed by atoms with Crippen LogP contribution in [-0.2, 0) is 9.59 Å². The smallest absolute Gasteiger partial charge is 0.155 e. The van der Waals surface area contributed by atoms with E-state index < -0.39 is 0 Å². The Labute approximate surface area is 146 Å². The van der Waals surface area contributed by atoms with E-state index in [0.29, 0.717) is 35.2 Å². The minimum absolute atomic E-state index is 0.0464. The summed E-state index contributed by atoms with van der Waals surface area (Å²) in [7, 11) is 0. The van der Waals surface area contributed by atoms with Crippen molar-refractivity contribution in [2.45, 2.75) is 78.6 Å². The Hall–Kier alpha value is -0.920. The number of Topliss-reactive ketones (excluding diaryl/α,β-unsaturated/α-hetero) is 1. The molecular formula is C22H32O2. The first-order valence-electron chi connectivity index (χ1n) is 10.2. The summed E-state index contributed by atoms with van der Waals surface area (Å²) in [5.41, 5.74) is 1.62. The van der Waals surface area contributed by atoms with Gasteiger partial charge in [-0.1, -0.05) is 39.2 Å². The monoisotopic (exact) mass is 328 g/mol. The summed E-state index contributed by atoms with van der Waals surface area (Å²) in [6.45, 7) is 6.99. The van der Waals surface area contributed by atoms with Gasteiger partial charge in [0.05, 0.1) is 0 Å². The van der Waals surface area contributed by atoms with E-state index in [0.717, 1.165) is 38.5 Å². The van der Waals surface area contributed by atoms with E-state index in [1.165, 1.54) is 24.8 Å². The van der Waals surface area contributed by atoms with Gasteiger partial charge in [0, 0.05) is 18.3 Å². The number of fused-ring (bicyclic) bond motifs is 5. The quantitative estimate of drug-likeness (QED) is 0.705. The number of allylic oxidation sites excluding steroid dienone is 1. The Morgan fingerprint density at radius 3 is 2.54 bits per heavy atom. The second kappa shape index (κ2) is 5.54. The topological polar surface area (TPSA) is 34.1 Å². The number of carbonyl (C=O) groups excluding carboxylic acids is 2. The molecule has 3 fully saturated rings. The highest BCUT2D eigenvalue weighted by molar-refractivity contribution is 5.91. The second-order valence-electron chi connectivity index (χ2n) is 9.51. The van der Waals surface area contributed by atoms with Crippen LogP contribution >= 0.6 is 0 Å². The third-order valence-corrected chi connectivity index (χ3v) is 8.51. The van der Waals surface area contributed by atoms with Gasteiger partial charge in [0.15, 0.2) is 5.78 Å². The fraction of sp³-hybridized carbons (Fsp3) is 0.818. The highest BCUT2D eigenvalue weighted by Crippen LogP contribution is 2.66. The predicted molar refractivity (Wildman–Crippen MR) is 95.5 cm³/mol. The van der Waals surface area contributed by atoms with Crippen LogP contribution in [0.25, 0.3) is 0 Å². The van der Waals surface area contributed by atoms with Crippen LogP contribution in [0.4, 0.5) is 0 Å². The molecule has 0 saturated heterocycles. The number of rotatable bonds is 2. The van der Waals surface area contributed by atoms with Crippen molar-refractivity contribution in [3.8, 4) is 0 Å². The van der Waals surface area contributed by atoms with E-state index in [4.69, 9.17) is 0 Å². The average molecular weight is 328 g/mol. The van der Waals surface area contributed by atoms with Gasteiger partial charge < -0.3 is 0 Å². The summed E-state index contributed by atoms with van der Waals surface area (Å²) in [5.74, 6) is 3.54. The highest BCUT2D eigenvalue weighted by atomic mass is 16.1. The third-order valence-electron chi connectivity index (χ3n) is 8.51. The minimum Gasteiger partial charge on any atom is -0.299 e. The molecule has 0 amide bonds. The van der Waals surface area contributed by atoms with Gasteiger partial charge in [-0.15, -0.1) is 0 Å². The lowest BCUT2D eigenvalue weighted by molar-refractivity contribution is -0.135. The summed E-state index contributed by atoms with van der Waals surface area (Å²) >= 11 is 0. The van der Waals surface area contributed by atoms with Crippen LogP contribution < -0.4 is 0 Å². The highest BCUT2D eigenvalue weighted by Gasteiger charge is 2.61. The molecule has 0 radical (unpaired) electrons. The molecule has 0 aromatic rings. The maximum atomic E-state index is 12.6. The second-order valence-corrected chi connectivity index (χ2v) is 9.51. The SMILES string of the molecule is CCCC1CC2=CC(=O)CC[C@]2(C)[C@@H]2CC[C@]3(C)C(=O)CC[C@H]3[C@H]12. The lowest BCUT2D eigenvalue weighted by Crippen LogP contribution is -2.53. The molecule has 0 aromatic heterocycles. The van der Waals surface area contributed by atoms with Crippen molar-refractivity contribution >= 4 is 11.6 Å². The van der Waals surface area contributed by atoms with E-state index in [9.17, 15) is 9.59 Å². The molecule has 1 unspecified atom stereocenters. The van der Waals surface area contributed by atoms with Crippen LogP contribution in [0.3, 0.4) is 0 Å². The minimum atomic E-state index is -0.0464. The van der Waals surface area contributed by atoms with Crippen molar-refractivity contribution in [2.24, 2.45) is 34.5 Å². The van der Waals surface area contributed by atoms with Crippen molar-refractivity contribution in [3.05, 3.63) is 11.6 Å². The van der Waals surface area contributed by atoms with E-state index >= 15 is 0 Å². The molecule has 132 valence electrons. The molecule has 2 heteroatoms. The van der Waals surface area contributed by atoms with Gasteiger partial charge in [-0.25, -0.2) is 0 Å². The molecule has 4 aliphatic carbocycles. The number of hydrogen-bond donors (Lipinski definition) is 0. The standard InChI is InChI=1S/C22H32O2/c1-4-5-14-12-15-13-16(23)8-10-21(15,2)18-9-11-22(3)17(20(14)18)6-7-19(22)24/h13-14,17-18,20H,4-12H2,1-3H3/t14?,17-,18+,20-,21-,22-/m0/s1. The first-order chi connectivity index (χ1) is 11.4. The zero-order chi connectivity index (χ0) is 17.1. The third kappa shape index (κ3) is 2.14. The average Bonchev–Trinajstić information content (AvgIpc) is 2.85. The Bertz CT molecular complexity index is 603. The van der Waals surface area contributed by atoms with Crippen LogP contribution in [0.5, 0.6) is 0 Å². The molecule has 0 bridgehead atoms. The van der Waals surface area contributed by atoms with Gasteiger partial charge in [-0.3, -0.25) is 9.59 Å². The molecule has 0 aromatic carbocycles. The molecule has 4 rings (SSSR count). The molecule has 6 atom stereocenters. The van der Waals surface area contributed by atoms with Gasteiger partial charge in [-0.2, -0.15) is 0 Å². The van der Waals surface area contributed by atoms with Gasteiger partial charge in [0.2, 0.25) is 0 Å². The Morgan fingerprint density at radius 2 is 1.79 bits per heavy atom. The lowest BCUT2D eigenvalue weighted by Gasteiger charge is -2.59. The first kappa shape index (κ1) is 16.5. The van der Waals surface area contributed by atoms with Crippen LogP contribution in [0.15, 0.2) is 11.6 Å². The van der Waals surface area contributed by atoms with Crippen LogP contribution in [-0.4, -0.2) is 11.6 Å². The maximum Gasteiger partial charge on any atom is 0.155 e. The molecule has 3 saturated carbocycles. The molecule has 0 spiro atoms. The van der Waals surface area contributed by atoms with Gasteiger partial charge in [0.25, 0.3) is 0 Å². The van der Waals surface area contributed by atoms with Gasteiger partial charge in [0.1, 0.15) is 5.78 Å². The van der Waals surface area contributed by atoms with Gasteiger partial charge in [-0.05, 0) is 67.3 Å². The summed E-state index contributed by atoms with van der Waals surface area (Å²) in [5, 5.41) is 0. The van der Waals surface area contributed by atoms with Crippen molar-refractivity contribution in [3.63, 3.8) is 0 Å². The number of hydrogen-bond acceptors (Lipinski definition) is 2. The molecule has 0 heterocycles. The van der Waals surface area contributed by atoms with E-state index in [1.54, 1.807) is 0 Å². The molecular weight excluding hydrogens is 296 g/mol. The fourth-order valence-electron chi connectivity index (χ4n) is 7.14. The van der Waals surface area contributed by atoms with E-state index in [-0.39, 0.29) is 10.8 Å². The van der Waals surface area contributed by atoms with Crippen LogP contribution in [0.2, 0.25) is 0 Å². The van der Waals surface area contributed by atoms with Crippen molar-refractivity contribution in [1.82, 2.24) is 0 Å². The summed E-state index contributed by atoms with van der Waals surface area (Å²) < 4.78 is 0. The van der Waals surface area contributed by atoms with Crippen molar-refractivity contribution in [1.29, 1.82) is 0 Å². The largest absolute Gasteiger partial charge is 0.299 e. The summed E-state index contributed by atoms with van der Waals surface area (Å²) in [6.07, 6.45) is 11.5. The van der Waals surface area contributed by atoms with Crippen molar-refractivity contribution < 1.29 is 9.59 Å². The molecule has 4 aliphatic rings. The predicted octanol–water partition coefficient (Wildman–Crippen LogP) is 5.11. The number of carbonyl (C=O) groups is 2. The summed E-state index contributed by atoms with van der Waals surface area (Å²) in [4.78, 5) is 24.7. The van der Waals surface area contributed by atoms with Crippen molar-refractivity contribution in [2.75, 3.05) is 0 Å². The Kier molecular flexibility index (Phi) is 3.82. The fourth-order valence-corrected chi connectivity index (χ4v) is 7.14. The normalized spacial score (nSPS) is 47.7. The Balaban J connectivity index is 1.76. The molecule has 24 heavy (non-hydrogen) atoms. The van der Waals surface area contributed by atoms with Gasteiger partial charge >= 0.3 is 0 Å². The molecule has 2 nitrogen and oxygen atoms in total. The molecule has 0 aliphatic heterocycles. The van der Waals surface area contributed by atoms with Crippen LogP contribution in [0, 0.1) is 34.5 Å². The van der Waals surface area contributed by atoms with E-state index in [2.05, 4.69) is 20.8 Å². The Morgan fingerprint density at radius 1 is 1.04 bits per heavy atom. The maximum absolute atomic E-state index is 12.6.